The van der Waals surface area contributed by atoms with Crippen molar-refractivity contribution in [3.05, 3.63) is 59.2 Å². The fourth-order valence-electron chi connectivity index (χ4n) is 2.27. The number of hydrogen-bond donors (Lipinski definition) is 2. The molecule has 0 atom stereocenters. The van der Waals surface area contributed by atoms with Crippen LogP contribution < -0.4 is 15.4 Å². The van der Waals surface area contributed by atoms with Gasteiger partial charge in [-0.3, -0.25) is 10.1 Å². The molecule has 2 rings (SSSR count). The smallest absolute Gasteiger partial charge is 0.338 e. The van der Waals surface area contributed by atoms with E-state index in [2.05, 4.69) is 10.6 Å². The largest absolute Gasteiger partial charge is 0.494 e. The standard InChI is InChI=1S/C20H22N2O5/c1-4-26-16-10-8-15(9-11-16)19(24)27-12-18(23)22-20(25)21-17-7-5-6-13(2)14(17)3/h5-11H,4,12H2,1-3H3,(H2,21,22,23,25). The number of benzene rings is 2. The zero-order chi connectivity index (χ0) is 19.8. The number of hydrogen-bond acceptors (Lipinski definition) is 5. The van der Waals surface area contributed by atoms with Crippen LogP contribution in [0.2, 0.25) is 0 Å². The highest BCUT2D eigenvalue weighted by atomic mass is 16.5. The van der Waals surface area contributed by atoms with Gasteiger partial charge < -0.3 is 14.8 Å². The van der Waals surface area contributed by atoms with Gasteiger partial charge in [0.1, 0.15) is 5.75 Å². The quantitative estimate of drug-likeness (QED) is 0.762. The lowest BCUT2D eigenvalue weighted by atomic mass is 10.1. The van der Waals surface area contributed by atoms with Crippen LogP contribution in [-0.4, -0.2) is 31.1 Å². The summed E-state index contributed by atoms with van der Waals surface area (Å²) in [5.74, 6) is -0.755. The summed E-state index contributed by atoms with van der Waals surface area (Å²) in [5, 5.41) is 4.72. The Bertz CT molecular complexity index is 831. The van der Waals surface area contributed by atoms with E-state index in [9.17, 15) is 14.4 Å². The minimum absolute atomic E-state index is 0.283. The zero-order valence-electron chi connectivity index (χ0n) is 15.5. The molecule has 0 saturated heterocycles. The molecule has 2 aromatic rings. The number of ether oxygens (including phenoxy) is 2. The summed E-state index contributed by atoms with van der Waals surface area (Å²) in [5.41, 5.74) is 2.81. The van der Waals surface area contributed by atoms with Crippen LogP contribution in [0.25, 0.3) is 0 Å². The molecule has 142 valence electrons. The first-order chi connectivity index (χ1) is 12.9. The Morgan fingerprint density at radius 2 is 1.70 bits per heavy atom. The molecule has 0 aliphatic rings. The SMILES string of the molecule is CCOc1ccc(C(=O)OCC(=O)NC(=O)Nc2cccc(C)c2C)cc1. The Morgan fingerprint density at radius 1 is 1.00 bits per heavy atom. The normalized spacial score (nSPS) is 10.0. The van der Waals surface area contributed by atoms with Gasteiger partial charge in [0.05, 0.1) is 12.2 Å². The van der Waals surface area contributed by atoms with Gasteiger partial charge in [-0.05, 0) is 62.2 Å². The average molecular weight is 370 g/mol. The number of nitrogens with one attached hydrogen (secondary N) is 2. The summed E-state index contributed by atoms with van der Waals surface area (Å²) in [4.78, 5) is 35.6. The van der Waals surface area contributed by atoms with E-state index in [1.54, 1.807) is 36.4 Å². The second kappa shape index (κ2) is 9.38. The third-order valence-electron chi connectivity index (χ3n) is 3.84. The summed E-state index contributed by atoms with van der Waals surface area (Å²) in [7, 11) is 0. The van der Waals surface area contributed by atoms with Crippen molar-refractivity contribution < 1.29 is 23.9 Å². The number of amides is 3. The van der Waals surface area contributed by atoms with Crippen LogP contribution in [0.5, 0.6) is 5.75 Å². The van der Waals surface area contributed by atoms with Crippen molar-refractivity contribution in [3.63, 3.8) is 0 Å². The van der Waals surface area contributed by atoms with Gasteiger partial charge in [-0.15, -0.1) is 0 Å². The second-order valence-electron chi connectivity index (χ2n) is 5.78. The minimum Gasteiger partial charge on any atom is -0.494 e. The predicted octanol–water partition coefficient (Wildman–Crippen LogP) is 3.21. The number of carbonyl (C=O) groups excluding carboxylic acids is 3. The Kier molecular flexibility index (Phi) is 6.93. The van der Waals surface area contributed by atoms with Crippen molar-refractivity contribution in [1.82, 2.24) is 5.32 Å². The molecule has 0 radical (unpaired) electrons. The van der Waals surface area contributed by atoms with Crippen LogP contribution in [0, 0.1) is 13.8 Å². The van der Waals surface area contributed by atoms with Gasteiger partial charge in [-0.25, -0.2) is 9.59 Å². The van der Waals surface area contributed by atoms with E-state index < -0.39 is 24.5 Å². The molecule has 0 unspecified atom stereocenters. The summed E-state index contributed by atoms with van der Waals surface area (Å²) >= 11 is 0. The van der Waals surface area contributed by atoms with Crippen LogP contribution >= 0.6 is 0 Å². The lowest BCUT2D eigenvalue weighted by molar-refractivity contribution is -0.123. The molecule has 0 fully saturated rings. The molecule has 0 saturated carbocycles. The van der Waals surface area contributed by atoms with Crippen LogP contribution in [0.1, 0.15) is 28.4 Å². The fourth-order valence-corrected chi connectivity index (χ4v) is 2.27. The van der Waals surface area contributed by atoms with Crippen molar-refractivity contribution in [2.75, 3.05) is 18.5 Å². The third kappa shape index (κ3) is 5.85. The van der Waals surface area contributed by atoms with Crippen LogP contribution in [0.4, 0.5) is 10.5 Å². The predicted molar refractivity (Wildman–Crippen MR) is 101 cm³/mol. The van der Waals surface area contributed by atoms with E-state index in [-0.39, 0.29) is 5.56 Å². The van der Waals surface area contributed by atoms with Crippen molar-refractivity contribution in [2.24, 2.45) is 0 Å². The summed E-state index contributed by atoms with van der Waals surface area (Å²) in [6.45, 7) is 5.60. The number of rotatable bonds is 6. The van der Waals surface area contributed by atoms with Crippen molar-refractivity contribution in [2.45, 2.75) is 20.8 Å². The first kappa shape index (κ1) is 20.0. The molecule has 3 amide bonds. The number of imide groups is 1. The van der Waals surface area contributed by atoms with E-state index in [1.807, 2.05) is 26.8 Å². The maximum absolute atomic E-state index is 11.9. The van der Waals surface area contributed by atoms with E-state index in [1.165, 1.54) is 0 Å². The Morgan fingerprint density at radius 3 is 2.37 bits per heavy atom. The van der Waals surface area contributed by atoms with Crippen molar-refractivity contribution in [1.29, 1.82) is 0 Å². The lowest BCUT2D eigenvalue weighted by Crippen LogP contribution is -2.37. The molecule has 0 aliphatic carbocycles. The van der Waals surface area contributed by atoms with E-state index in [0.717, 1.165) is 11.1 Å². The van der Waals surface area contributed by atoms with Crippen molar-refractivity contribution in [3.8, 4) is 5.75 Å². The third-order valence-corrected chi connectivity index (χ3v) is 3.84. The summed E-state index contributed by atoms with van der Waals surface area (Å²) in [6, 6.07) is 11.1. The second-order valence-corrected chi connectivity index (χ2v) is 5.78. The Balaban J connectivity index is 1.82. The molecule has 0 bridgehead atoms. The van der Waals surface area contributed by atoms with Gasteiger partial charge >= 0.3 is 12.0 Å². The molecule has 0 spiro atoms. The van der Waals surface area contributed by atoms with Gasteiger partial charge in [0.25, 0.3) is 5.91 Å². The maximum Gasteiger partial charge on any atom is 0.338 e. The van der Waals surface area contributed by atoms with E-state index in [4.69, 9.17) is 9.47 Å². The molecule has 0 aromatic heterocycles. The topological polar surface area (TPSA) is 93.7 Å². The average Bonchev–Trinajstić information content (AvgIpc) is 2.64. The summed E-state index contributed by atoms with van der Waals surface area (Å²) in [6.07, 6.45) is 0. The molecule has 2 aromatic carbocycles. The highest BCUT2D eigenvalue weighted by molar-refractivity contribution is 6.02. The Hall–Kier alpha value is -3.35. The number of anilines is 1. The first-order valence-electron chi connectivity index (χ1n) is 8.47. The zero-order valence-corrected chi connectivity index (χ0v) is 15.5. The molecular formula is C20H22N2O5. The van der Waals surface area contributed by atoms with Crippen LogP contribution in [0.3, 0.4) is 0 Å². The Labute approximate surface area is 157 Å². The molecule has 7 nitrogen and oxygen atoms in total. The monoisotopic (exact) mass is 370 g/mol. The first-order valence-corrected chi connectivity index (χ1v) is 8.47. The fraction of sp³-hybridized carbons (Fsp3) is 0.250. The minimum atomic E-state index is -0.725. The van der Waals surface area contributed by atoms with Gasteiger partial charge in [-0.1, -0.05) is 12.1 Å². The molecule has 0 aliphatic heterocycles. The van der Waals surface area contributed by atoms with Gasteiger partial charge in [0.2, 0.25) is 0 Å². The highest BCUT2D eigenvalue weighted by Gasteiger charge is 2.13. The van der Waals surface area contributed by atoms with Gasteiger partial charge in [-0.2, -0.15) is 0 Å². The lowest BCUT2D eigenvalue weighted by Gasteiger charge is -2.11. The molecule has 27 heavy (non-hydrogen) atoms. The molecule has 0 heterocycles. The summed E-state index contributed by atoms with van der Waals surface area (Å²) < 4.78 is 10.2. The number of carbonyl (C=O) groups is 3. The molecular weight excluding hydrogens is 348 g/mol. The number of urea groups is 1. The molecule has 7 heteroatoms. The van der Waals surface area contributed by atoms with Crippen LogP contribution in [0.15, 0.2) is 42.5 Å². The number of esters is 1. The van der Waals surface area contributed by atoms with E-state index in [0.29, 0.717) is 18.0 Å². The van der Waals surface area contributed by atoms with Crippen LogP contribution in [-0.2, 0) is 9.53 Å². The van der Waals surface area contributed by atoms with E-state index >= 15 is 0 Å². The highest BCUT2D eigenvalue weighted by Crippen LogP contribution is 2.17. The number of aryl methyl sites for hydroxylation is 1. The van der Waals surface area contributed by atoms with Gasteiger partial charge in [0, 0.05) is 5.69 Å². The maximum atomic E-state index is 11.9. The van der Waals surface area contributed by atoms with Gasteiger partial charge in [0.15, 0.2) is 6.61 Å². The van der Waals surface area contributed by atoms with Crippen molar-refractivity contribution >= 4 is 23.6 Å². The molecule has 2 N–H and O–H groups in total.